The number of pyridine rings is 2. The van der Waals surface area contributed by atoms with Gasteiger partial charge in [0.25, 0.3) is 0 Å². The number of anilines is 2. The molecule has 2 aromatic carbocycles. The molecule has 238 valence electrons. The molecule has 1 N–H and O–H groups in total. The van der Waals surface area contributed by atoms with Gasteiger partial charge in [0, 0.05) is 41.3 Å². The molecule has 0 spiro atoms. The molecule has 0 aliphatic carbocycles. The maximum Gasteiger partial charge on any atom is 0.225 e. The van der Waals surface area contributed by atoms with Crippen molar-refractivity contribution in [3.63, 3.8) is 0 Å². The molecule has 14 heteroatoms. The molecule has 0 saturated heterocycles. The lowest BCUT2D eigenvalue weighted by atomic mass is 10.2. The summed E-state index contributed by atoms with van der Waals surface area (Å²) in [6, 6.07) is 18.7. The summed E-state index contributed by atoms with van der Waals surface area (Å²) in [5, 5.41) is 7.02. The summed E-state index contributed by atoms with van der Waals surface area (Å²) in [6.45, 7) is 2.54. The van der Waals surface area contributed by atoms with Crippen molar-refractivity contribution < 1.29 is 17.5 Å². The smallest absolute Gasteiger partial charge is 0.225 e. The minimum atomic E-state index is -2.38. The van der Waals surface area contributed by atoms with Crippen LogP contribution in [0.15, 0.2) is 90.8 Å². The Labute approximate surface area is 280 Å². The average molecular weight is 688 g/mol. The predicted octanol–water partition coefficient (Wildman–Crippen LogP) is 6.90. The Balaban J connectivity index is 1.19. The standard InChI is InChI=1S/C33H27ClFN7O3S2/c1-21(42(20-47(43)44)12-10-24-7-2-3-11-36-24)33-41-30(18-46-33)28-15-26-29(16-37-28)38-19-39-32(26)40-25-8-9-31(27(34)14-25)45-17-22-5-4-6-23(35)13-22/h2-9,11,13-16,18-21H,10,12,17H2,1H3,(H,38,39,40). The topological polar surface area (TPSA) is 123 Å². The third kappa shape index (κ3) is 8.13. The maximum atomic E-state index is 13.5. The number of nitrogens with zero attached hydrogens (tertiary/aromatic N) is 6. The van der Waals surface area contributed by atoms with Crippen LogP contribution < -0.4 is 10.1 Å². The minimum Gasteiger partial charge on any atom is -0.487 e. The van der Waals surface area contributed by atoms with Crippen LogP contribution in [0.3, 0.4) is 0 Å². The first-order valence-electron chi connectivity index (χ1n) is 14.4. The normalized spacial score (nSPS) is 11.8. The molecule has 0 radical (unpaired) electrons. The molecular formula is C33H27ClFN7O3S2. The molecule has 4 aromatic heterocycles. The van der Waals surface area contributed by atoms with Crippen molar-refractivity contribution in [2.75, 3.05) is 11.9 Å². The number of aromatic nitrogens is 5. The summed E-state index contributed by atoms with van der Waals surface area (Å²) in [7, 11) is -2.38. The molecule has 0 aliphatic heterocycles. The van der Waals surface area contributed by atoms with Gasteiger partial charge in [0.05, 0.1) is 34.2 Å². The summed E-state index contributed by atoms with van der Waals surface area (Å²) in [5.41, 5.74) is 5.31. The summed E-state index contributed by atoms with van der Waals surface area (Å²) in [5.74, 6) is 0.674. The highest BCUT2D eigenvalue weighted by Crippen LogP contribution is 2.33. The van der Waals surface area contributed by atoms with Crippen molar-refractivity contribution in [2.24, 2.45) is 0 Å². The lowest BCUT2D eigenvalue weighted by molar-refractivity contribution is 0.306. The monoisotopic (exact) mass is 687 g/mol. The van der Waals surface area contributed by atoms with Crippen molar-refractivity contribution in [2.45, 2.75) is 26.0 Å². The van der Waals surface area contributed by atoms with E-state index >= 15 is 0 Å². The van der Waals surface area contributed by atoms with Crippen molar-refractivity contribution in [1.82, 2.24) is 29.8 Å². The van der Waals surface area contributed by atoms with Crippen molar-refractivity contribution >= 4 is 61.1 Å². The summed E-state index contributed by atoms with van der Waals surface area (Å²) < 4.78 is 42.5. The molecule has 4 heterocycles. The van der Waals surface area contributed by atoms with Crippen LogP contribution in [0.2, 0.25) is 5.02 Å². The first-order valence-corrected chi connectivity index (χ1v) is 16.8. The Bertz CT molecular complexity index is 2160. The number of ether oxygens (including phenoxy) is 1. The number of hydrogen-bond donors (Lipinski definition) is 1. The molecule has 0 aliphatic rings. The first-order chi connectivity index (χ1) is 22.8. The lowest BCUT2D eigenvalue weighted by Gasteiger charge is -2.22. The second-order valence-corrected chi connectivity index (χ2v) is 12.4. The van der Waals surface area contributed by atoms with E-state index in [4.69, 9.17) is 21.3 Å². The van der Waals surface area contributed by atoms with Crippen LogP contribution in [0, 0.1) is 5.82 Å². The van der Waals surface area contributed by atoms with Gasteiger partial charge in [-0.2, -0.15) is 8.42 Å². The Morgan fingerprint density at radius 2 is 1.94 bits per heavy atom. The summed E-state index contributed by atoms with van der Waals surface area (Å²) >= 11 is 7.94. The SMILES string of the molecule is CC(c1nc(-c2cc3c(Nc4ccc(OCc5cccc(F)c5)c(Cl)c4)ncnc3cn2)cs1)N(C=S(=O)=O)CCc1ccccn1. The van der Waals surface area contributed by atoms with Gasteiger partial charge in [0.2, 0.25) is 10.3 Å². The second-order valence-electron chi connectivity index (χ2n) is 10.4. The highest BCUT2D eigenvalue weighted by atomic mass is 35.5. The zero-order valence-corrected chi connectivity index (χ0v) is 27.3. The Morgan fingerprint density at radius 3 is 2.72 bits per heavy atom. The molecule has 47 heavy (non-hydrogen) atoms. The van der Waals surface area contributed by atoms with Crippen LogP contribution in [0.5, 0.6) is 5.75 Å². The van der Waals surface area contributed by atoms with E-state index in [1.54, 1.807) is 41.6 Å². The van der Waals surface area contributed by atoms with Crippen LogP contribution >= 0.6 is 22.9 Å². The van der Waals surface area contributed by atoms with Gasteiger partial charge < -0.3 is 10.1 Å². The molecule has 6 rings (SSSR count). The van der Waals surface area contributed by atoms with Gasteiger partial charge in [-0.05, 0) is 61.0 Å². The average Bonchev–Trinajstić information content (AvgIpc) is 3.57. The van der Waals surface area contributed by atoms with Crippen LogP contribution in [-0.2, 0) is 23.3 Å². The fourth-order valence-electron chi connectivity index (χ4n) is 4.80. The van der Waals surface area contributed by atoms with Crippen molar-refractivity contribution in [1.29, 1.82) is 0 Å². The number of fused-ring (bicyclic) bond motifs is 1. The van der Waals surface area contributed by atoms with E-state index in [1.807, 2.05) is 42.6 Å². The van der Waals surface area contributed by atoms with Crippen LogP contribution in [0.4, 0.5) is 15.9 Å². The Kier molecular flexibility index (Phi) is 10.1. The van der Waals surface area contributed by atoms with E-state index in [9.17, 15) is 12.8 Å². The fourth-order valence-corrected chi connectivity index (χ4v) is 6.43. The van der Waals surface area contributed by atoms with Gasteiger partial charge in [0.1, 0.15) is 40.8 Å². The minimum absolute atomic E-state index is 0.174. The largest absolute Gasteiger partial charge is 0.487 e. The van der Waals surface area contributed by atoms with E-state index in [2.05, 4.69) is 25.3 Å². The molecule has 0 fully saturated rings. The van der Waals surface area contributed by atoms with Gasteiger partial charge in [-0.25, -0.2) is 19.3 Å². The molecule has 0 saturated carbocycles. The maximum absolute atomic E-state index is 13.5. The van der Waals surface area contributed by atoms with Crippen molar-refractivity contribution in [3.8, 4) is 17.1 Å². The summed E-state index contributed by atoms with van der Waals surface area (Å²) in [4.78, 5) is 24.3. The molecule has 6 aromatic rings. The predicted molar refractivity (Wildman–Crippen MR) is 182 cm³/mol. The highest BCUT2D eigenvalue weighted by molar-refractivity contribution is 7.71. The first kappa shape index (κ1) is 32.1. The molecular weight excluding hydrogens is 661 g/mol. The van der Waals surface area contributed by atoms with Crippen molar-refractivity contribution in [3.05, 3.63) is 118 Å². The number of hydrogen-bond acceptors (Lipinski definition) is 10. The molecule has 0 bridgehead atoms. The summed E-state index contributed by atoms with van der Waals surface area (Å²) in [6.07, 6.45) is 5.40. The molecule has 1 atom stereocenters. The van der Waals surface area contributed by atoms with Gasteiger partial charge in [-0.3, -0.25) is 14.9 Å². The van der Waals surface area contributed by atoms with Gasteiger partial charge >= 0.3 is 0 Å². The lowest BCUT2D eigenvalue weighted by Crippen LogP contribution is -2.28. The second kappa shape index (κ2) is 14.7. The molecule has 1 unspecified atom stereocenters. The zero-order valence-electron chi connectivity index (χ0n) is 24.9. The number of nitrogens with one attached hydrogen (secondary N) is 1. The van der Waals surface area contributed by atoms with E-state index < -0.39 is 10.3 Å². The Hall–Kier alpha value is -4.82. The van der Waals surface area contributed by atoms with Gasteiger partial charge in [-0.15, -0.1) is 11.3 Å². The molecule has 0 amide bonds. The van der Waals surface area contributed by atoms with Crippen LogP contribution in [-0.4, -0.2) is 50.3 Å². The number of benzene rings is 2. The van der Waals surface area contributed by atoms with E-state index in [0.29, 0.717) is 57.7 Å². The third-order valence-electron chi connectivity index (χ3n) is 7.21. The van der Waals surface area contributed by atoms with Gasteiger partial charge in [0.15, 0.2) is 0 Å². The fraction of sp³-hybridized carbons (Fsp3) is 0.152. The highest BCUT2D eigenvalue weighted by Gasteiger charge is 2.20. The van der Waals surface area contributed by atoms with E-state index in [-0.39, 0.29) is 18.5 Å². The number of halogens is 2. The third-order valence-corrected chi connectivity index (χ3v) is 8.97. The van der Waals surface area contributed by atoms with E-state index in [0.717, 1.165) is 16.1 Å². The quantitative estimate of drug-likeness (QED) is 0.136. The Morgan fingerprint density at radius 1 is 1.04 bits per heavy atom. The van der Waals surface area contributed by atoms with Crippen LogP contribution in [0.1, 0.15) is 29.2 Å². The van der Waals surface area contributed by atoms with Gasteiger partial charge in [-0.1, -0.05) is 29.8 Å². The van der Waals surface area contributed by atoms with Crippen LogP contribution in [0.25, 0.3) is 22.3 Å². The zero-order chi connectivity index (χ0) is 32.8. The number of rotatable bonds is 12. The number of thiazole rings is 1. The van der Waals surface area contributed by atoms with E-state index in [1.165, 1.54) is 35.3 Å². The molecule has 10 nitrogen and oxygen atoms in total.